The van der Waals surface area contributed by atoms with E-state index in [0.717, 1.165) is 21.6 Å². The van der Waals surface area contributed by atoms with Gasteiger partial charge in [0.25, 0.3) is 5.69 Å². The first-order valence-corrected chi connectivity index (χ1v) is 15.5. The summed E-state index contributed by atoms with van der Waals surface area (Å²) < 4.78 is 5.59. The predicted molar refractivity (Wildman–Crippen MR) is 169 cm³/mol. The Labute approximate surface area is 259 Å². The molecule has 2 aliphatic heterocycles. The number of nitro groups is 1. The number of esters is 1. The van der Waals surface area contributed by atoms with Crippen molar-refractivity contribution in [1.82, 2.24) is 10.2 Å². The van der Waals surface area contributed by atoms with E-state index in [4.69, 9.17) is 4.74 Å². The van der Waals surface area contributed by atoms with Crippen LogP contribution in [0.5, 0.6) is 0 Å². The van der Waals surface area contributed by atoms with E-state index in [0.29, 0.717) is 36.4 Å². The maximum atomic E-state index is 13.3. The summed E-state index contributed by atoms with van der Waals surface area (Å²) in [4.78, 5) is 38.6. The van der Waals surface area contributed by atoms with Crippen LogP contribution in [0.4, 0.5) is 5.69 Å². The Kier molecular flexibility index (Phi) is 8.58. The number of hydrogen-bond acceptors (Lipinski definition) is 7. The van der Waals surface area contributed by atoms with Gasteiger partial charge in [-0.1, -0.05) is 91.0 Å². The van der Waals surface area contributed by atoms with Gasteiger partial charge in [-0.3, -0.25) is 20.2 Å². The number of nitrogens with one attached hydrogen (secondary N) is 1. The maximum absolute atomic E-state index is 13.3. The molecule has 0 aliphatic carbocycles. The Hall–Kier alpha value is -4.73. The first-order valence-electron chi connectivity index (χ1n) is 14.5. The highest BCUT2D eigenvalue weighted by Gasteiger charge is 2.48. The highest BCUT2D eigenvalue weighted by atomic mass is 32.2. The van der Waals surface area contributed by atoms with Crippen LogP contribution in [0, 0.1) is 10.1 Å². The van der Waals surface area contributed by atoms with Gasteiger partial charge in [-0.25, -0.2) is 4.79 Å². The molecular formula is C35H31N3O5S. The number of fused-ring (bicyclic) bond motifs is 1. The molecule has 0 saturated carbocycles. The number of carbonyl (C=O) groups is 2. The zero-order valence-corrected chi connectivity index (χ0v) is 24.7. The van der Waals surface area contributed by atoms with Crippen molar-refractivity contribution in [2.24, 2.45) is 0 Å². The molecule has 1 atom stereocenters. The largest absolute Gasteiger partial charge is 0.456 e. The number of hydrogen-bond donors (Lipinski definition) is 1. The van der Waals surface area contributed by atoms with Crippen LogP contribution in [0.1, 0.15) is 35.1 Å². The van der Waals surface area contributed by atoms with Gasteiger partial charge in [0.15, 0.2) is 0 Å². The second kappa shape index (κ2) is 12.9. The monoisotopic (exact) mass is 605 g/mol. The summed E-state index contributed by atoms with van der Waals surface area (Å²) in [7, 11) is 0. The van der Waals surface area contributed by atoms with Crippen molar-refractivity contribution in [3.8, 4) is 0 Å². The van der Waals surface area contributed by atoms with Gasteiger partial charge in [0.1, 0.15) is 12.3 Å². The van der Waals surface area contributed by atoms with Crippen molar-refractivity contribution in [3.63, 3.8) is 0 Å². The average Bonchev–Trinajstić information content (AvgIpc) is 3.37. The zero-order chi connectivity index (χ0) is 30.5. The molecule has 9 heteroatoms. The van der Waals surface area contributed by atoms with Gasteiger partial charge in [-0.2, -0.15) is 0 Å². The van der Waals surface area contributed by atoms with E-state index < -0.39 is 16.4 Å². The average molecular weight is 606 g/mol. The molecule has 0 bridgehead atoms. The Bertz CT molecular complexity index is 1580. The molecule has 222 valence electrons. The van der Waals surface area contributed by atoms with Gasteiger partial charge >= 0.3 is 5.97 Å². The molecule has 8 nitrogen and oxygen atoms in total. The lowest BCUT2D eigenvalue weighted by Crippen LogP contribution is -2.49. The molecule has 44 heavy (non-hydrogen) atoms. The lowest BCUT2D eigenvalue weighted by Gasteiger charge is -2.37. The van der Waals surface area contributed by atoms with Gasteiger partial charge in [0.05, 0.1) is 16.5 Å². The molecule has 1 N–H and O–H groups in total. The second-order valence-electron chi connectivity index (χ2n) is 10.7. The van der Waals surface area contributed by atoms with Crippen molar-refractivity contribution < 1.29 is 19.2 Å². The third-order valence-electron chi connectivity index (χ3n) is 8.07. The number of amides is 1. The molecule has 0 radical (unpaired) electrons. The second-order valence-corrected chi connectivity index (χ2v) is 11.9. The molecule has 4 aromatic carbocycles. The van der Waals surface area contributed by atoms with Crippen LogP contribution < -0.4 is 5.32 Å². The predicted octanol–water partition coefficient (Wildman–Crippen LogP) is 6.17. The van der Waals surface area contributed by atoms with E-state index in [1.54, 1.807) is 28.8 Å². The fraction of sp³-hybridized carbons (Fsp3) is 0.200. The standard InChI is InChI=1S/C35H31N3O5S/c39-32-23-30-22-31(33(37(30)32)34(40)43-24-25-16-18-29(19-17-25)38(41)42)44-21-20-36-35(26-10-4-1-5-11-26,27-12-6-2-7-13-27)28-14-8-3-9-15-28/h1-19,30,36H,20-24H2. The van der Waals surface area contributed by atoms with E-state index in [2.05, 4.69) is 41.7 Å². The van der Waals surface area contributed by atoms with E-state index in [1.807, 2.05) is 54.6 Å². The van der Waals surface area contributed by atoms with Crippen LogP contribution in [0.25, 0.3) is 0 Å². The highest BCUT2D eigenvalue weighted by molar-refractivity contribution is 8.03. The molecule has 1 saturated heterocycles. The topological polar surface area (TPSA) is 102 Å². The van der Waals surface area contributed by atoms with Crippen molar-refractivity contribution in [3.05, 3.63) is 158 Å². The SMILES string of the molecule is O=C(OCc1ccc([N+](=O)[O-])cc1)C1=C(SCCNC(c2ccccc2)(c2ccccc2)c2ccccc2)CC2CC(=O)N12. The number of thioether (sulfide) groups is 1. The fourth-order valence-corrected chi connectivity index (χ4v) is 7.03. The molecule has 2 aliphatic rings. The van der Waals surface area contributed by atoms with E-state index >= 15 is 0 Å². The van der Waals surface area contributed by atoms with Crippen molar-refractivity contribution in [2.75, 3.05) is 12.3 Å². The number of nitro benzene ring substituents is 1. The number of rotatable bonds is 12. The Morgan fingerprint density at radius 2 is 1.41 bits per heavy atom. The Balaban J connectivity index is 1.20. The third-order valence-corrected chi connectivity index (χ3v) is 9.19. The summed E-state index contributed by atoms with van der Waals surface area (Å²) in [5, 5.41) is 14.8. The van der Waals surface area contributed by atoms with Gasteiger partial charge < -0.3 is 9.64 Å². The minimum atomic E-state index is -0.598. The highest BCUT2D eigenvalue weighted by Crippen LogP contribution is 2.44. The summed E-state index contributed by atoms with van der Waals surface area (Å²) in [5.74, 6) is 0.0288. The Morgan fingerprint density at radius 1 is 0.864 bits per heavy atom. The number of ether oxygens (including phenoxy) is 1. The van der Waals surface area contributed by atoms with Crippen LogP contribution in [0.3, 0.4) is 0 Å². The summed E-state index contributed by atoms with van der Waals surface area (Å²) in [6.45, 7) is 0.580. The zero-order valence-electron chi connectivity index (χ0n) is 23.9. The first-order chi connectivity index (χ1) is 21.5. The Morgan fingerprint density at radius 3 is 1.91 bits per heavy atom. The number of carbonyl (C=O) groups excluding carboxylic acids is 2. The first kappa shape index (κ1) is 29.3. The van der Waals surface area contributed by atoms with Crippen LogP contribution >= 0.6 is 11.8 Å². The summed E-state index contributed by atoms with van der Waals surface area (Å²) in [6, 6.07) is 37.0. The molecular weight excluding hydrogens is 574 g/mol. The molecule has 1 unspecified atom stereocenters. The van der Waals surface area contributed by atoms with Crippen molar-refractivity contribution in [2.45, 2.75) is 31.0 Å². The summed E-state index contributed by atoms with van der Waals surface area (Å²) >= 11 is 1.57. The van der Waals surface area contributed by atoms with Crippen molar-refractivity contribution >= 4 is 29.3 Å². The lowest BCUT2D eigenvalue weighted by molar-refractivity contribution is -0.384. The molecule has 6 rings (SSSR count). The fourth-order valence-electron chi connectivity index (χ4n) is 5.95. The number of β-lactam (4-membered cyclic amide) rings is 1. The number of benzene rings is 4. The summed E-state index contributed by atoms with van der Waals surface area (Å²) in [6.07, 6.45) is 1.04. The van der Waals surface area contributed by atoms with Gasteiger partial charge in [-0.15, -0.1) is 11.8 Å². The number of nitrogens with zero attached hydrogens (tertiary/aromatic N) is 2. The van der Waals surface area contributed by atoms with Crippen LogP contribution in [-0.4, -0.2) is 40.0 Å². The van der Waals surface area contributed by atoms with Gasteiger partial charge in [-0.05, 0) is 34.4 Å². The quantitative estimate of drug-likeness (QED) is 0.0515. The van der Waals surface area contributed by atoms with Crippen LogP contribution in [0.15, 0.2) is 126 Å². The lowest BCUT2D eigenvalue weighted by atomic mass is 9.77. The summed E-state index contributed by atoms with van der Waals surface area (Å²) in [5.41, 5.74) is 3.67. The third kappa shape index (κ3) is 5.76. The molecule has 4 aromatic rings. The van der Waals surface area contributed by atoms with Gasteiger partial charge in [0.2, 0.25) is 5.91 Å². The van der Waals surface area contributed by atoms with E-state index in [9.17, 15) is 19.7 Å². The minimum Gasteiger partial charge on any atom is -0.456 e. The van der Waals surface area contributed by atoms with Gasteiger partial charge in [0, 0.05) is 42.2 Å². The van der Waals surface area contributed by atoms with Crippen molar-refractivity contribution in [1.29, 1.82) is 0 Å². The molecule has 0 aromatic heterocycles. The number of non-ortho nitro benzene ring substituents is 1. The molecule has 0 spiro atoms. The normalized spacial score (nSPS) is 16.0. The molecule has 2 heterocycles. The smallest absolute Gasteiger partial charge is 0.356 e. The van der Waals surface area contributed by atoms with Crippen LogP contribution in [0.2, 0.25) is 0 Å². The van der Waals surface area contributed by atoms with E-state index in [-0.39, 0.29) is 24.2 Å². The van der Waals surface area contributed by atoms with E-state index in [1.165, 1.54) is 12.1 Å². The molecule has 1 amide bonds. The maximum Gasteiger partial charge on any atom is 0.356 e. The van der Waals surface area contributed by atoms with Crippen LogP contribution in [-0.2, 0) is 26.5 Å². The molecule has 1 fully saturated rings. The minimum absolute atomic E-state index is 0.0167.